The first kappa shape index (κ1) is 14.9. The number of hydrogen-bond donors (Lipinski definition) is 1. The molecule has 2 rings (SSSR count). The third-order valence-corrected chi connectivity index (χ3v) is 4.42. The van der Waals surface area contributed by atoms with Gasteiger partial charge in [-0.25, -0.2) is 0 Å². The zero-order valence-electron chi connectivity index (χ0n) is 12.2. The van der Waals surface area contributed by atoms with E-state index in [1.807, 2.05) is 6.92 Å². The lowest BCUT2D eigenvalue weighted by Gasteiger charge is -2.29. The molecule has 0 amide bonds. The number of rotatable bonds is 6. The lowest BCUT2D eigenvalue weighted by molar-refractivity contribution is 0.644. The summed E-state index contributed by atoms with van der Waals surface area (Å²) in [7, 11) is 0. The average molecular weight is 325 g/mol. The molecule has 1 fully saturated rings. The Balaban J connectivity index is 2.15. The van der Waals surface area contributed by atoms with Crippen LogP contribution in [0.4, 0.5) is 5.69 Å². The van der Waals surface area contributed by atoms with Gasteiger partial charge in [0, 0.05) is 28.8 Å². The van der Waals surface area contributed by atoms with Crippen LogP contribution in [0.25, 0.3) is 0 Å². The van der Waals surface area contributed by atoms with Crippen LogP contribution in [-0.4, -0.2) is 18.6 Å². The third-order valence-electron chi connectivity index (χ3n) is 3.69. The predicted molar refractivity (Wildman–Crippen MR) is 86.7 cm³/mol. The molecule has 2 nitrogen and oxygen atoms in total. The number of hydrogen-bond acceptors (Lipinski definition) is 2. The van der Waals surface area contributed by atoms with Gasteiger partial charge in [0.1, 0.15) is 0 Å². The lowest BCUT2D eigenvalue weighted by atomic mass is 10.1. The van der Waals surface area contributed by atoms with E-state index in [-0.39, 0.29) is 6.04 Å². The summed E-state index contributed by atoms with van der Waals surface area (Å²) in [5, 5.41) is 0. The van der Waals surface area contributed by atoms with Gasteiger partial charge in [0.15, 0.2) is 0 Å². The second-order valence-corrected chi connectivity index (χ2v) is 7.00. The summed E-state index contributed by atoms with van der Waals surface area (Å²) in [6, 6.07) is 7.46. The van der Waals surface area contributed by atoms with Crippen molar-refractivity contribution in [3.8, 4) is 0 Å². The van der Waals surface area contributed by atoms with Gasteiger partial charge >= 0.3 is 0 Å². The van der Waals surface area contributed by atoms with E-state index in [1.54, 1.807) is 0 Å². The van der Waals surface area contributed by atoms with Gasteiger partial charge in [-0.05, 0) is 63.6 Å². The second kappa shape index (κ2) is 6.27. The Labute approximate surface area is 125 Å². The van der Waals surface area contributed by atoms with Crippen LogP contribution < -0.4 is 10.6 Å². The first-order valence-corrected chi connectivity index (χ1v) is 8.07. The third kappa shape index (κ3) is 4.22. The zero-order chi connectivity index (χ0) is 14.0. The summed E-state index contributed by atoms with van der Waals surface area (Å²) in [6.07, 6.45) is 3.71. The molecule has 19 heavy (non-hydrogen) atoms. The van der Waals surface area contributed by atoms with Crippen LogP contribution in [0.2, 0.25) is 0 Å². The fraction of sp³-hybridized carbons (Fsp3) is 0.625. The molecule has 0 aliphatic heterocycles. The highest BCUT2D eigenvalue weighted by Gasteiger charge is 2.25. The Bertz CT molecular complexity index is 425. The number of anilines is 1. The number of benzene rings is 1. The van der Waals surface area contributed by atoms with Gasteiger partial charge in [-0.1, -0.05) is 22.0 Å². The maximum atomic E-state index is 5.88. The van der Waals surface area contributed by atoms with E-state index in [2.05, 4.69) is 52.9 Å². The van der Waals surface area contributed by atoms with Crippen molar-refractivity contribution in [2.45, 2.75) is 52.1 Å². The van der Waals surface area contributed by atoms with Gasteiger partial charge < -0.3 is 10.6 Å². The predicted octanol–water partition coefficient (Wildman–Crippen LogP) is 3.96. The molecule has 1 aromatic rings. The van der Waals surface area contributed by atoms with Crippen molar-refractivity contribution in [2.24, 2.45) is 11.7 Å². The van der Waals surface area contributed by atoms with E-state index >= 15 is 0 Å². The standard InChI is InChI=1S/C16H25BrN2/c1-11(2)19(10-13-4-5-13)15-7-6-14(8-12(3)18)16(17)9-15/h6-7,9,11-13H,4-5,8,10,18H2,1-3H3. The molecule has 1 aromatic carbocycles. The highest BCUT2D eigenvalue weighted by atomic mass is 79.9. The van der Waals surface area contributed by atoms with Crippen LogP contribution in [0.15, 0.2) is 22.7 Å². The highest BCUT2D eigenvalue weighted by molar-refractivity contribution is 9.10. The van der Waals surface area contributed by atoms with Gasteiger partial charge in [0.05, 0.1) is 0 Å². The molecular weight excluding hydrogens is 300 g/mol. The molecule has 0 heterocycles. The molecule has 1 aliphatic carbocycles. The van der Waals surface area contributed by atoms with Crippen molar-refractivity contribution in [3.63, 3.8) is 0 Å². The normalized spacial score (nSPS) is 16.7. The molecule has 0 radical (unpaired) electrons. The smallest absolute Gasteiger partial charge is 0.0380 e. The molecule has 2 N–H and O–H groups in total. The zero-order valence-corrected chi connectivity index (χ0v) is 13.8. The maximum Gasteiger partial charge on any atom is 0.0380 e. The van der Waals surface area contributed by atoms with E-state index in [0.29, 0.717) is 6.04 Å². The van der Waals surface area contributed by atoms with Gasteiger partial charge in [-0.3, -0.25) is 0 Å². The number of halogens is 1. The minimum Gasteiger partial charge on any atom is -0.369 e. The number of nitrogens with two attached hydrogens (primary N) is 1. The van der Waals surface area contributed by atoms with Crippen molar-refractivity contribution < 1.29 is 0 Å². The Morgan fingerprint density at radius 3 is 2.47 bits per heavy atom. The van der Waals surface area contributed by atoms with Crippen molar-refractivity contribution in [1.29, 1.82) is 0 Å². The van der Waals surface area contributed by atoms with Gasteiger partial charge in [0.25, 0.3) is 0 Å². The quantitative estimate of drug-likeness (QED) is 0.858. The molecule has 0 spiro atoms. The van der Waals surface area contributed by atoms with Crippen LogP contribution >= 0.6 is 15.9 Å². The minimum atomic E-state index is 0.204. The first-order chi connectivity index (χ1) is 8.97. The molecule has 1 unspecified atom stereocenters. The van der Waals surface area contributed by atoms with Crippen molar-refractivity contribution in [1.82, 2.24) is 0 Å². The Kier molecular flexibility index (Phi) is 4.91. The van der Waals surface area contributed by atoms with Crippen molar-refractivity contribution >= 4 is 21.6 Å². The Morgan fingerprint density at radius 1 is 1.32 bits per heavy atom. The molecule has 0 bridgehead atoms. The van der Waals surface area contributed by atoms with Crippen LogP contribution in [0.3, 0.4) is 0 Å². The van der Waals surface area contributed by atoms with Crippen LogP contribution in [0.1, 0.15) is 39.2 Å². The molecule has 1 atom stereocenters. The Hall–Kier alpha value is -0.540. The van der Waals surface area contributed by atoms with Gasteiger partial charge in [-0.2, -0.15) is 0 Å². The molecule has 0 saturated heterocycles. The SMILES string of the molecule is CC(N)Cc1ccc(N(CC2CC2)C(C)C)cc1Br. The fourth-order valence-electron chi connectivity index (χ4n) is 2.42. The van der Waals surface area contributed by atoms with Crippen molar-refractivity contribution in [3.05, 3.63) is 28.2 Å². The molecule has 0 aromatic heterocycles. The van der Waals surface area contributed by atoms with E-state index < -0.39 is 0 Å². The molecular formula is C16H25BrN2. The van der Waals surface area contributed by atoms with Crippen molar-refractivity contribution in [2.75, 3.05) is 11.4 Å². The summed E-state index contributed by atoms with van der Waals surface area (Å²) in [4.78, 5) is 2.51. The summed E-state index contributed by atoms with van der Waals surface area (Å²) in [5.74, 6) is 0.907. The van der Waals surface area contributed by atoms with E-state index in [9.17, 15) is 0 Å². The fourth-order valence-corrected chi connectivity index (χ4v) is 2.95. The van der Waals surface area contributed by atoms with E-state index in [0.717, 1.165) is 12.3 Å². The summed E-state index contributed by atoms with van der Waals surface area (Å²) >= 11 is 3.69. The average Bonchev–Trinajstić information content (AvgIpc) is 3.12. The monoisotopic (exact) mass is 324 g/mol. The maximum absolute atomic E-state index is 5.88. The van der Waals surface area contributed by atoms with E-state index in [4.69, 9.17) is 5.73 Å². The van der Waals surface area contributed by atoms with Gasteiger partial charge in [0.2, 0.25) is 0 Å². The minimum absolute atomic E-state index is 0.204. The van der Waals surface area contributed by atoms with E-state index in [1.165, 1.54) is 35.1 Å². The summed E-state index contributed by atoms with van der Waals surface area (Å²) < 4.78 is 1.18. The lowest BCUT2D eigenvalue weighted by Crippen LogP contribution is -2.32. The Morgan fingerprint density at radius 2 is 2.00 bits per heavy atom. The summed E-state index contributed by atoms with van der Waals surface area (Å²) in [6.45, 7) is 7.78. The topological polar surface area (TPSA) is 29.3 Å². The van der Waals surface area contributed by atoms with Crippen LogP contribution in [0.5, 0.6) is 0 Å². The largest absolute Gasteiger partial charge is 0.369 e. The highest BCUT2D eigenvalue weighted by Crippen LogP contribution is 2.33. The second-order valence-electron chi connectivity index (χ2n) is 6.15. The molecule has 1 aliphatic rings. The van der Waals surface area contributed by atoms with Crippen LogP contribution in [0, 0.1) is 5.92 Å². The number of nitrogens with zero attached hydrogens (tertiary/aromatic N) is 1. The first-order valence-electron chi connectivity index (χ1n) is 7.28. The molecule has 1 saturated carbocycles. The van der Waals surface area contributed by atoms with Gasteiger partial charge in [-0.15, -0.1) is 0 Å². The summed E-state index contributed by atoms with van der Waals surface area (Å²) in [5.41, 5.74) is 8.50. The van der Waals surface area contributed by atoms with Crippen LogP contribution in [-0.2, 0) is 6.42 Å². The molecule has 3 heteroatoms. The molecule has 106 valence electrons.